The number of aromatic nitrogens is 3. The molecule has 0 amide bonds. The monoisotopic (exact) mass is 355 g/mol. The highest BCUT2D eigenvalue weighted by atomic mass is 16.5. The van der Waals surface area contributed by atoms with E-state index in [1.807, 2.05) is 18.3 Å². The summed E-state index contributed by atoms with van der Waals surface area (Å²) in [5.41, 5.74) is 0.864. The maximum absolute atomic E-state index is 6.27. The first kappa shape index (κ1) is 17.3. The highest BCUT2D eigenvalue weighted by molar-refractivity contribution is 5.29. The number of pyridine rings is 1. The average Bonchev–Trinajstić information content (AvgIpc) is 2.97. The SMILES string of the molecule is c1ccc(CN2CCOC[C@@]3(C[C@@H](CNc4cnccn4)CO3)C2)nc1. The number of rotatable bonds is 5. The number of nitrogens with one attached hydrogen (secondary N) is 1. The van der Waals surface area contributed by atoms with Crippen LogP contribution in [0.5, 0.6) is 0 Å². The van der Waals surface area contributed by atoms with Crippen molar-refractivity contribution in [2.24, 2.45) is 5.92 Å². The number of ether oxygens (including phenoxy) is 2. The fraction of sp³-hybridized carbons (Fsp3) is 0.526. The maximum Gasteiger partial charge on any atom is 0.144 e. The van der Waals surface area contributed by atoms with E-state index in [-0.39, 0.29) is 5.60 Å². The van der Waals surface area contributed by atoms with Gasteiger partial charge in [-0.25, -0.2) is 4.98 Å². The molecule has 1 N–H and O–H groups in total. The van der Waals surface area contributed by atoms with Gasteiger partial charge >= 0.3 is 0 Å². The summed E-state index contributed by atoms with van der Waals surface area (Å²) in [7, 11) is 0. The molecule has 4 rings (SSSR count). The van der Waals surface area contributed by atoms with Crippen LogP contribution in [0.1, 0.15) is 12.1 Å². The number of hydrogen-bond donors (Lipinski definition) is 1. The summed E-state index contributed by atoms with van der Waals surface area (Å²) in [6.45, 7) is 5.59. The van der Waals surface area contributed by atoms with Gasteiger partial charge in [0.15, 0.2) is 0 Å². The van der Waals surface area contributed by atoms with E-state index in [9.17, 15) is 0 Å². The van der Waals surface area contributed by atoms with Crippen molar-refractivity contribution in [2.45, 2.75) is 18.6 Å². The van der Waals surface area contributed by atoms with Crippen molar-refractivity contribution in [3.63, 3.8) is 0 Å². The highest BCUT2D eigenvalue weighted by Crippen LogP contribution is 2.33. The second kappa shape index (κ2) is 8.07. The molecule has 7 nitrogen and oxygen atoms in total. The molecule has 2 fully saturated rings. The summed E-state index contributed by atoms with van der Waals surface area (Å²) in [4.78, 5) is 15.2. The van der Waals surface area contributed by atoms with Crippen LogP contribution in [0, 0.1) is 5.92 Å². The van der Waals surface area contributed by atoms with E-state index in [0.29, 0.717) is 12.5 Å². The quantitative estimate of drug-likeness (QED) is 0.873. The van der Waals surface area contributed by atoms with E-state index in [0.717, 1.165) is 57.3 Å². The third kappa shape index (κ3) is 4.35. The summed E-state index contributed by atoms with van der Waals surface area (Å²) < 4.78 is 12.1. The summed E-state index contributed by atoms with van der Waals surface area (Å²) in [5, 5.41) is 3.36. The van der Waals surface area contributed by atoms with Gasteiger partial charge in [0, 0.05) is 50.7 Å². The molecular formula is C19H25N5O2. The molecule has 7 heteroatoms. The van der Waals surface area contributed by atoms with Gasteiger partial charge in [-0.05, 0) is 18.6 Å². The zero-order valence-corrected chi connectivity index (χ0v) is 14.9. The molecule has 2 aliphatic heterocycles. The molecule has 0 radical (unpaired) electrons. The van der Waals surface area contributed by atoms with Crippen molar-refractivity contribution in [2.75, 3.05) is 44.8 Å². The van der Waals surface area contributed by atoms with Crippen LogP contribution in [0.25, 0.3) is 0 Å². The van der Waals surface area contributed by atoms with Crippen LogP contribution in [-0.2, 0) is 16.0 Å². The first-order valence-corrected chi connectivity index (χ1v) is 9.15. The van der Waals surface area contributed by atoms with Crippen molar-refractivity contribution in [1.29, 1.82) is 0 Å². The van der Waals surface area contributed by atoms with Gasteiger partial charge in [-0.2, -0.15) is 0 Å². The Balaban J connectivity index is 1.34. The molecule has 2 aromatic rings. The molecule has 0 saturated carbocycles. The van der Waals surface area contributed by atoms with Crippen LogP contribution in [0.3, 0.4) is 0 Å². The molecule has 0 aromatic carbocycles. The van der Waals surface area contributed by atoms with Gasteiger partial charge in [-0.15, -0.1) is 0 Å². The first-order chi connectivity index (χ1) is 12.8. The van der Waals surface area contributed by atoms with Gasteiger partial charge in [-0.3, -0.25) is 14.9 Å². The molecule has 1 spiro atoms. The van der Waals surface area contributed by atoms with E-state index in [1.54, 1.807) is 18.6 Å². The summed E-state index contributed by atoms with van der Waals surface area (Å²) in [5.74, 6) is 1.25. The second-order valence-electron chi connectivity index (χ2n) is 7.12. The number of anilines is 1. The minimum atomic E-state index is -0.222. The largest absolute Gasteiger partial charge is 0.377 e. The Labute approximate surface area is 153 Å². The molecular weight excluding hydrogens is 330 g/mol. The lowest BCUT2D eigenvalue weighted by molar-refractivity contribution is -0.0563. The maximum atomic E-state index is 6.27. The standard InChI is InChI=1S/C19H25N5O2/c1-2-4-21-17(3-1)12-24-7-8-25-15-19(14-24)9-16(13-26-19)10-23-18-11-20-5-6-22-18/h1-6,11,16H,7-10,12-15H2,(H,22,23)/t16-,19+/m0/s1. The van der Waals surface area contributed by atoms with Gasteiger partial charge < -0.3 is 14.8 Å². The lowest BCUT2D eigenvalue weighted by Crippen LogP contribution is -2.44. The Morgan fingerprint density at radius 1 is 1.23 bits per heavy atom. The molecule has 0 bridgehead atoms. The predicted octanol–water partition coefficient (Wildman–Crippen LogP) is 1.59. The van der Waals surface area contributed by atoms with Gasteiger partial charge in [0.2, 0.25) is 0 Å². The topological polar surface area (TPSA) is 72.4 Å². The molecule has 2 aliphatic rings. The predicted molar refractivity (Wildman–Crippen MR) is 97.6 cm³/mol. The van der Waals surface area contributed by atoms with Crippen molar-refractivity contribution in [1.82, 2.24) is 19.9 Å². The lowest BCUT2D eigenvalue weighted by atomic mass is 9.94. The normalized spacial score (nSPS) is 26.7. The zero-order valence-electron chi connectivity index (χ0n) is 14.9. The number of hydrogen-bond acceptors (Lipinski definition) is 7. The molecule has 2 saturated heterocycles. The van der Waals surface area contributed by atoms with Crippen LogP contribution in [0.2, 0.25) is 0 Å². The van der Waals surface area contributed by atoms with Crippen LogP contribution in [-0.4, -0.2) is 64.9 Å². The third-order valence-electron chi connectivity index (χ3n) is 4.96. The van der Waals surface area contributed by atoms with E-state index < -0.39 is 0 Å². The van der Waals surface area contributed by atoms with Crippen molar-refractivity contribution < 1.29 is 9.47 Å². The third-order valence-corrected chi connectivity index (χ3v) is 4.96. The Hall–Kier alpha value is -2.09. The smallest absolute Gasteiger partial charge is 0.144 e. The van der Waals surface area contributed by atoms with E-state index in [4.69, 9.17) is 9.47 Å². The summed E-state index contributed by atoms with van der Waals surface area (Å²) >= 11 is 0. The molecule has 138 valence electrons. The van der Waals surface area contributed by atoms with E-state index in [1.165, 1.54) is 0 Å². The van der Waals surface area contributed by atoms with Crippen LogP contribution >= 0.6 is 0 Å². The summed E-state index contributed by atoms with van der Waals surface area (Å²) in [6, 6.07) is 6.06. The lowest BCUT2D eigenvalue weighted by Gasteiger charge is -2.31. The molecule has 2 atom stereocenters. The Morgan fingerprint density at radius 2 is 2.23 bits per heavy atom. The Morgan fingerprint density at radius 3 is 3.08 bits per heavy atom. The molecule has 0 aliphatic carbocycles. The minimum absolute atomic E-state index is 0.222. The Kier molecular flexibility index (Phi) is 5.38. The van der Waals surface area contributed by atoms with E-state index >= 15 is 0 Å². The van der Waals surface area contributed by atoms with Gasteiger partial charge in [-0.1, -0.05) is 6.07 Å². The zero-order chi connectivity index (χ0) is 17.7. The van der Waals surface area contributed by atoms with Gasteiger partial charge in [0.25, 0.3) is 0 Å². The highest BCUT2D eigenvalue weighted by Gasteiger charge is 2.43. The molecule has 26 heavy (non-hydrogen) atoms. The Bertz CT molecular complexity index is 687. The van der Waals surface area contributed by atoms with Crippen molar-refractivity contribution in [3.05, 3.63) is 48.7 Å². The average molecular weight is 355 g/mol. The molecule has 4 heterocycles. The van der Waals surface area contributed by atoms with Crippen LogP contribution in [0.15, 0.2) is 43.0 Å². The molecule has 2 aromatic heterocycles. The fourth-order valence-corrected chi connectivity index (χ4v) is 3.76. The summed E-state index contributed by atoms with van der Waals surface area (Å²) in [6.07, 6.45) is 7.95. The molecule has 0 unspecified atom stereocenters. The second-order valence-corrected chi connectivity index (χ2v) is 7.12. The van der Waals surface area contributed by atoms with E-state index in [2.05, 4.69) is 31.2 Å². The minimum Gasteiger partial charge on any atom is -0.377 e. The van der Waals surface area contributed by atoms with Crippen LogP contribution in [0.4, 0.5) is 5.82 Å². The van der Waals surface area contributed by atoms with Gasteiger partial charge in [0.05, 0.1) is 31.7 Å². The first-order valence-electron chi connectivity index (χ1n) is 9.15. The fourth-order valence-electron chi connectivity index (χ4n) is 3.76. The van der Waals surface area contributed by atoms with Crippen molar-refractivity contribution >= 4 is 5.82 Å². The van der Waals surface area contributed by atoms with Crippen molar-refractivity contribution in [3.8, 4) is 0 Å². The van der Waals surface area contributed by atoms with Crippen LogP contribution < -0.4 is 5.32 Å². The number of nitrogens with zero attached hydrogens (tertiary/aromatic N) is 4. The van der Waals surface area contributed by atoms with Gasteiger partial charge in [0.1, 0.15) is 11.4 Å².